The fraction of sp³-hybridized carbons (Fsp3) is 0.600. The van der Waals surface area contributed by atoms with Crippen LogP contribution in [0, 0.1) is 0 Å². The number of rotatable bonds is 60. The van der Waals surface area contributed by atoms with Crippen molar-refractivity contribution in [3.05, 3.63) is 119 Å². The Morgan fingerprint density at radius 1 is 0.216 bits per heavy atom. The zero-order valence-electron chi connectivity index (χ0n) is 60.5. The quantitative estimate of drug-likeness (QED) is 0.0145. The number of para-hydroxylation sites is 4. The van der Waals surface area contributed by atoms with Crippen LogP contribution in [0.1, 0.15) is 305 Å². The van der Waals surface area contributed by atoms with Gasteiger partial charge in [0.05, 0.1) is 0 Å². The average Bonchev–Trinajstić information content (AvgIpc) is 0.794. The Balaban J connectivity index is 0.000000532. The minimum Gasteiger partial charge on any atom is -0.481 e. The summed E-state index contributed by atoms with van der Waals surface area (Å²) in [6.07, 6.45) is 31.7. The summed E-state index contributed by atoms with van der Waals surface area (Å²) >= 11 is 0. The fourth-order valence-corrected chi connectivity index (χ4v) is 16.5. The Kier molecular flexibility index (Phi) is 45.3. The Bertz CT molecular complexity index is 2840. The van der Waals surface area contributed by atoms with E-state index < -0.39 is 47.8 Å². The number of carboxylic acids is 8. The molecule has 18 nitrogen and oxygen atoms in total. The summed E-state index contributed by atoms with van der Waals surface area (Å²) in [6, 6.07) is 33.5. The zero-order valence-corrected chi connectivity index (χ0v) is 65.1. The molecule has 0 fully saturated rings. The van der Waals surface area contributed by atoms with Gasteiger partial charge in [0.15, 0.2) is 0 Å². The zero-order chi connectivity index (χ0) is 75.1. The summed E-state index contributed by atoms with van der Waals surface area (Å²) in [5.74, 6) is -6.15. The molecule has 22 heteroatoms. The van der Waals surface area contributed by atoms with Crippen LogP contribution >= 0.6 is 37.0 Å². The molecule has 0 amide bonds. The van der Waals surface area contributed by atoms with Crippen LogP contribution < -0.4 is 10.6 Å². The maximum absolute atomic E-state index is 11.1. The number of nitrogens with one attached hydrogen (secondary N) is 2. The summed E-state index contributed by atoms with van der Waals surface area (Å²) < 4.78 is 0. The van der Waals surface area contributed by atoms with Crippen molar-refractivity contribution in [1.82, 2.24) is 0 Å². The number of aliphatic carboxylic acids is 8. The first-order valence-electron chi connectivity index (χ1n) is 37.5. The van der Waals surface area contributed by atoms with E-state index in [1.165, 1.54) is 11.1 Å². The monoisotopic (exact) mass is 1490 g/mol. The van der Waals surface area contributed by atoms with Gasteiger partial charge in [-0.05, 0) is 149 Å². The Labute approximate surface area is 616 Å². The third kappa shape index (κ3) is 38.1. The van der Waals surface area contributed by atoms with Crippen LogP contribution in [-0.2, 0) is 59.0 Å². The Morgan fingerprint density at radius 2 is 0.343 bits per heavy atom. The number of carboxylic acid groups (broad SMARTS) is 8. The minimum absolute atomic E-state index is 0.157. The van der Waals surface area contributed by atoms with E-state index in [0.717, 1.165) is 214 Å². The van der Waals surface area contributed by atoms with Crippen LogP contribution in [0.25, 0.3) is 0 Å². The highest BCUT2D eigenvalue weighted by atomic mass is 31.0. The molecule has 4 aromatic rings. The lowest BCUT2D eigenvalue weighted by Gasteiger charge is -2.35. The molecule has 568 valence electrons. The van der Waals surface area contributed by atoms with E-state index in [2.05, 4.69) is 120 Å². The predicted molar refractivity (Wildman–Crippen MR) is 422 cm³/mol. The van der Waals surface area contributed by atoms with Crippen molar-refractivity contribution in [3.63, 3.8) is 0 Å². The van der Waals surface area contributed by atoms with Crippen molar-refractivity contribution in [1.29, 1.82) is 0 Å². The summed E-state index contributed by atoms with van der Waals surface area (Å²) in [4.78, 5) is 88.4. The molecular weight excluding hydrogens is 1370 g/mol. The van der Waals surface area contributed by atoms with Gasteiger partial charge < -0.3 is 51.5 Å². The first-order valence-corrected chi connectivity index (χ1v) is 39.9. The molecule has 0 aliphatic carbocycles. The molecule has 0 aliphatic rings. The molecule has 0 spiro atoms. The summed E-state index contributed by atoms with van der Waals surface area (Å²) in [7, 11) is 12.5. The highest BCUT2D eigenvalue weighted by Crippen LogP contribution is 2.51. The van der Waals surface area contributed by atoms with Crippen molar-refractivity contribution >= 4 is 107 Å². The molecule has 0 heterocycles. The standard InChI is InChI=1S/C42H65NO8P2.C38H57NO8P2/c44-37(45)25-9-1-5-17-29-41(52,30-18-6-2-10-26-38(46)47)33-21-13-15-23-35(33)43-36-24-16-14-22-34(36)42(53,31-19-7-3-11-27-39(48)49)32-20-8-4-12-28-40(50)51;40-33(41)21-5-1-13-25-37(48,26-14-2-6-22-34(42)43)29-17-9-11-19-31(29)39-32-20-12-10-18-30(32)38(49,27-15-3-7-23-35(44)45)28-16-4-8-24-36(46)47/h13-16,21-24,43H,1-12,17-20,25-32,52-53H2,(H,44,45)(H,46,47)(H,48,49)(H,50,51);9-12,17-20,39H,1-8,13-16,21-28,48-49H2,(H,40,41)(H,42,43)(H,44,45)(H,46,47). The number of hydrogen-bond donors (Lipinski definition) is 10. The van der Waals surface area contributed by atoms with E-state index in [9.17, 15) is 38.4 Å². The maximum Gasteiger partial charge on any atom is 0.303 e. The van der Waals surface area contributed by atoms with E-state index in [-0.39, 0.29) is 72.0 Å². The molecule has 0 radical (unpaired) electrons. The fourth-order valence-electron chi connectivity index (χ4n) is 13.8. The first kappa shape index (κ1) is 90.2. The summed E-state index contributed by atoms with van der Waals surface area (Å²) in [5.41, 5.74) is 8.76. The second-order valence-corrected chi connectivity index (χ2v) is 32.5. The smallest absolute Gasteiger partial charge is 0.303 e. The van der Waals surface area contributed by atoms with Gasteiger partial charge in [0.2, 0.25) is 0 Å². The van der Waals surface area contributed by atoms with Crippen molar-refractivity contribution in [3.8, 4) is 0 Å². The third-order valence-electron chi connectivity index (χ3n) is 19.5. The number of anilines is 4. The van der Waals surface area contributed by atoms with Gasteiger partial charge in [-0.15, -0.1) is 37.0 Å². The molecule has 0 saturated carbocycles. The van der Waals surface area contributed by atoms with Gasteiger partial charge in [-0.2, -0.15) is 0 Å². The predicted octanol–water partition coefficient (Wildman–Crippen LogP) is 21.0. The maximum atomic E-state index is 11.1. The molecule has 4 rings (SSSR count). The SMILES string of the molecule is O=C(O)CCCCCC(P)(CCCCCC(=O)O)c1ccccc1Nc1ccccc1C(P)(CCCCCC(=O)O)CCCCCC(=O)O.O=C(O)CCCCCCC(P)(CCCCCCC(=O)O)c1ccccc1Nc1ccccc1C(P)(CCCCCCC(=O)O)CCCCCCC(=O)O. The van der Waals surface area contributed by atoms with E-state index in [0.29, 0.717) is 51.4 Å². The van der Waals surface area contributed by atoms with Crippen LogP contribution in [0.4, 0.5) is 22.7 Å². The molecule has 0 bridgehead atoms. The van der Waals surface area contributed by atoms with Crippen LogP contribution in [-0.4, -0.2) is 88.6 Å². The van der Waals surface area contributed by atoms with Crippen molar-refractivity contribution in [2.45, 2.75) is 303 Å². The molecule has 4 atom stereocenters. The molecule has 4 aromatic carbocycles. The lowest BCUT2D eigenvalue weighted by atomic mass is 9.84. The second kappa shape index (κ2) is 51.2. The van der Waals surface area contributed by atoms with Crippen LogP contribution in [0.3, 0.4) is 0 Å². The molecule has 102 heavy (non-hydrogen) atoms. The van der Waals surface area contributed by atoms with Crippen molar-refractivity contribution < 1.29 is 79.2 Å². The molecule has 0 aromatic heterocycles. The Hall–Kier alpha value is -6.04. The van der Waals surface area contributed by atoms with Crippen molar-refractivity contribution in [2.75, 3.05) is 10.6 Å². The highest BCUT2D eigenvalue weighted by Gasteiger charge is 2.34. The van der Waals surface area contributed by atoms with Crippen molar-refractivity contribution in [2.24, 2.45) is 0 Å². The molecule has 4 unspecified atom stereocenters. The minimum atomic E-state index is -0.783. The van der Waals surface area contributed by atoms with Crippen LogP contribution in [0.2, 0.25) is 0 Å². The van der Waals surface area contributed by atoms with Gasteiger partial charge in [0.1, 0.15) is 0 Å². The number of hydrogen-bond acceptors (Lipinski definition) is 10. The van der Waals surface area contributed by atoms with Gasteiger partial charge in [-0.3, -0.25) is 38.4 Å². The summed E-state index contributed by atoms with van der Waals surface area (Å²) in [5, 5.41) is 79.2. The summed E-state index contributed by atoms with van der Waals surface area (Å²) in [6.45, 7) is 0. The van der Waals surface area contributed by atoms with Gasteiger partial charge in [-0.1, -0.05) is 201 Å². The van der Waals surface area contributed by atoms with E-state index in [4.69, 9.17) is 40.9 Å². The van der Waals surface area contributed by atoms with E-state index in [1.54, 1.807) is 0 Å². The van der Waals surface area contributed by atoms with Gasteiger partial charge >= 0.3 is 47.8 Å². The van der Waals surface area contributed by atoms with E-state index in [1.807, 2.05) is 24.3 Å². The molecule has 0 saturated heterocycles. The van der Waals surface area contributed by atoms with Crippen LogP contribution in [0.15, 0.2) is 97.1 Å². The second-order valence-electron chi connectivity index (χ2n) is 28.1. The lowest BCUT2D eigenvalue weighted by molar-refractivity contribution is -0.138. The third-order valence-corrected chi connectivity index (χ3v) is 23.1. The number of carbonyl (C=O) groups is 8. The molecule has 0 aliphatic heterocycles. The Morgan fingerprint density at radius 3 is 0.490 bits per heavy atom. The van der Waals surface area contributed by atoms with E-state index >= 15 is 0 Å². The van der Waals surface area contributed by atoms with Crippen LogP contribution in [0.5, 0.6) is 0 Å². The van der Waals surface area contributed by atoms with Gasteiger partial charge in [-0.25, -0.2) is 0 Å². The lowest BCUT2D eigenvalue weighted by Crippen LogP contribution is -2.22. The highest BCUT2D eigenvalue weighted by molar-refractivity contribution is 7.19. The topological polar surface area (TPSA) is 322 Å². The average molecular weight is 1490 g/mol. The van der Waals surface area contributed by atoms with Gasteiger partial charge in [0, 0.05) is 94.7 Å². The molecular formula is C80H122N2O16P4. The largest absolute Gasteiger partial charge is 0.481 e. The number of unbranched alkanes of at least 4 members (excludes halogenated alkanes) is 20. The molecule has 10 N–H and O–H groups in total. The van der Waals surface area contributed by atoms with Gasteiger partial charge in [0.25, 0.3) is 0 Å². The number of benzene rings is 4. The normalized spacial score (nSPS) is 11.7. The first-order chi connectivity index (χ1) is 48.7.